The number of imidazole rings is 1. The predicted octanol–water partition coefficient (Wildman–Crippen LogP) is 2.17. The molecule has 1 fully saturated rings. The lowest BCUT2D eigenvalue weighted by Crippen LogP contribution is -2.49. The summed E-state index contributed by atoms with van der Waals surface area (Å²) in [5.74, 6) is 1.18. The second-order valence-corrected chi connectivity index (χ2v) is 6.69. The van der Waals surface area contributed by atoms with Gasteiger partial charge in [-0.25, -0.2) is 4.98 Å². The summed E-state index contributed by atoms with van der Waals surface area (Å²) in [6, 6.07) is 2.22. The number of amides is 1. The van der Waals surface area contributed by atoms with Gasteiger partial charge in [-0.05, 0) is 30.5 Å². The number of likely N-dealkylation sites (N-methyl/N-ethyl adjacent to an activating group) is 1. The molecule has 22 heavy (non-hydrogen) atoms. The maximum absolute atomic E-state index is 12.8. The molecule has 0 aliphatic carbocycles. The number of nitrogens with zero attached hydrogens (tertiary/aromatic N) is 4. The molecule has 1 saturated heterocycles. The van der Waals surface area contributed by atoms with E-state index in [0.29, 0.717) is 6.54 Å². The van der Waals surface area contributed by atoms with E-state index in [-0.39, 0.29) is 11.9 Å². The van der Waals surface area contributed by atoms with Gasteiger partial charge in [-0.1, -0.05) is 6.92 Å². The minimum atomic E-state index is 0.155. The first-order valence-electron chi connectivity index (χ1n) is 7.65. The van der Waals surface area contributed by atoms with Gasteiger partial charge in [-0.15, -0.1) is 11.3 Å². The summed E-state index contributed by atoms with van der Waals surface area (Å²) in [4.78, 5) is 22.5. The fraction of sp³-hybridized carbons (Fsp3) is 0.500. The van der Waals surface area contributed by atoms with Gasteiger partial charge in [0.15, 0.2) is 0 Å². The van der Waals surface area contributed by atoms with Crippen molar-refractivity contribution in [3.05, 3.63) is 40.1 Å². The zero-order valence-corrected chi connectivity index (χ0v) is 14.1. The topological polar surface area (TPSA) is 41.4 Å². The van der Waals surface area contributed by atoms with Crippen LogP contribution in [0.2, 0.25) is 0 Å². The van der Waals surface area contributed by atoms with Crippen LogP contribution in [-0.2, 0) is 13.5 Å². The lowest BCUT2D eigenvalue weighted by atomic mass is 10.1. The van der Waals surface area contributed by atoms with Gasteiger partial charge >= 0.3 is 0 Å². The summed E-state index contributed by atoms with van der Waals surface area (Å²) in [6.07, 6.45) is 4.68. The smallest absolute Gasteiger partial charge is 0.264 e. The second-order valence-electron chi connectivity index (χ2n) is 5.77. The lowest BCUT2D eigenvalue weighted by Gasteiger charge is -2.39. The van der Waals surface area contributed by atoms with Gasteiger partial charge in [-0.3, -0.25) is 9.69 Å². The molecule has 0 aromatic carbocycles. The first-order chi connectivity index (χ1) is 10.6. The van der Waals surface area contributed by atoms with Crippen LogP contribution in [-0.4, -0.2) is 51.9 Å². The van der Waals surface area contributed by atoms with E-state index in [0.717, 1.165) is 35.8 Å². The van der Waals surface area contributed by atoms with Crippen molar-refractivity contribution in [1.82, 2.24) is 19.4 Å². The number of aryl methyl sites for hydroxylation is 2. The average Bonchev–Trinajstić information content (AvgIpc) is 3.15. The molecule has 0 saturated carbocycles. The number of thiophene rings is 1. The molecule has 0 N–H and O–H groups in total. The fourth-order valence-electron chi connectivity index (χ4n) is 2.98. The number of carbonyl (C=O) groups is 1. The van der Waals surface area contributed by atoms with Crippen LogP contribution in [0.25, 0.3) is 0 Å². The predicted molar refractivity (Wildman–Crippen MR) is 88.2 cm³/mol. The number of hydrogen-bond acceptors (Lipinski definition) is 4. The summed E-state index contributed by atoms with van der Waals surface area (Å²) in [6.45, 7) is 4.44. The van der Waals surface area contributed by atoms with Gasteiger partial charge in [0, 0.05) is 39.1 Å². The van der Waals surface area contributed by atoms with Gasteiger partial charge in [-0.2, -0.15) is 0 Å². The standard InChI is InChI=1S/C16H22N4OS/c1-4-12-5-10-22-14(12)16(21)20-9-8-18(2)13(11-20)15-17-6-7-19(15)3/h5-7,10,13H,4,8-9,11H2,1-3H3. The van der Waals surface area contributed by atoms with Crippen LogP contribution < -0.4 is 0 Å². The van der Waals surface area contributed by atoms with Gasteiger partial charge in [0.25, 0.3) is 5.91 Å². The number of piperazine rings is 1. The minimum absolute atomic E-state index is 0.155. The Balaban J connectivity index is 1.81. The van der Waals surface area contributed by atoms with Crippen LogP contribution in [0.1, 0.15) is 34.0 Å². The van der Waals surface area contributed by atoms with Gasteiger partial charge in [0.05, 0.1) is 10.9 Å². The molecule has 2 aromatic heterocycles. The quantitative estimate of drug-likeness (QED) is 0.871. The zero-order chi connectivity index (χ0) is 15.7. The van der Waals surface area contributed by atoms with E-state index < -0.39 is 0 Å². The largest absolute Gasteiger partial charge is 0.337 e. The highest BCUT2D eigenvalue weighted by Gasteiger charge is 2.31. The van der Waals surface area contributed by atoms with Crippen LogP contribution in [0.5, 0.6) is 0 Å². The van der Waals surface area contributed by atoms with E-state index in [2.05, 4.69) is 29.9 Å². The molecule has 5 nitrogen and oxygen atoms in total. The van der Waals surface area contributed by atoms with Crippen molar-refractivity contribution in [3.63, 3.8) is 0 Å². The third kappa shape index (κ3) is 2.68. The highest BCUT2D eigenvalue weighted by molar-refractivity contribution is 7.12. The van der Waals surface area contributed by atoms with Gasteiger partial charge < -0.3 is 9.47 Å². The first-order valence-corrected chi connectivity index (χ1v) is 8.53. The van der Waals surface area contributed by atoms with Crippen LogP contribution >= 0.6 is 11.3 Å². The Morgan fingerprint density at radius 2 is 2.23 bits per heavy atom. The highest BCUT2D eigenvalue weighted by atomic mass is 32.1. The van der Waals surface area contributed by atoms with E-state index >= 15 is 0 Å². The monoisotopic (exact) mass is 318 g/mol. The molecule has 3 heterocycles. The summed E-state index contributed by atoms with van der Waals surface area (Å²) in [7, 11) is 4.11. The lowest BCUT2D eigenvalue weighted by molar-refractivity contribution is 0.0532. The molecule has 2 aromatic rings. The molecule has 1 atom stereocenters. The van der Waals surface area contributed by atoms with E-state index in [1.165, 1.54) is 0 Å². The van der Waals surface area contributed by atoms with E-state index in [9.17, 15) is 4.79 Å². The van der Waals surface area contributed by atoms with Crippen molar-refractivity contribution in [3.8, 4) is 0 Å². The van der Waals surface area contributed by atoms with E-state index in [1.54, 1.807) is 11.3 Å². The average molecular weight is 318 g/mol. The molecule has 0 spiro atoms. The highest BCUT2D eigenvalue weighted by Crippen LogP contribution is 2.26. The van der Waals surface area contributed by atoms with Crippen LogP contribution in [0.4, 0.5) is 0 Å². The molecular weight excluding hydrogens is 296 g/mol. The van der Waals surface area contributed by atoms with Crippen LogP contribution in [0.15, 0.2) is 23.8 Å². The Labute approximate surface area is 135 Å². The maximum atomic E-state index is 12.8. The van der Waals surface area contributed by atoms with Crippen LogP contribution in [0, 0.1) is 0 Å². The SMILES string of the molecule is CCc1ccsc1C(=O)N1CCN(C)C(c2nccn2C)C1. The summed E-state index contributed by atoms with van der Waals surface area (Å²) in [5.41, 5.74) is 1.16. The number of hydrogen-bond donors (Lipinski definition) is 0. The number of aromatic nitrogens is 2. The van der Waals surface area contributed by atoms with Crippen molar-refractivity contribution in [2.75, 3.05) is 26.7 Å². The summed E-state index contributed by atoms with van der Waals surface area (Å²) < 4.78 is 2.04. The molecule has 0 radical (unpaired) electrons. The Bertz CT molecular complexity index is 663. The van der Waals surface area contributed by atoms with Crippen molar-refractivity contribution < 1.29 is 4.79 Å². The number of rotatable bonds is 3. The molecule has 1 amide bonds. The Morgan fingerprint density at radius 3 is 2.91 bits per heavy atom. The van der Waals surface area contributed by atoms with Crippen molar-refractivity contribution >= 4 is 17.2 Å². The molecule has 1 unspecified atom stereocenters. The third-order valence-corrected chi connectivity index (χ3v) is 5.36. The van der Waals surface area contributed by atoms with E-state index in [1.807, 2.05) is 34.3 Å². The van der Waals surface area contributed by atoms with Crippen molar-refractivity contribution in [1.29, 1.82) is 0 Å². The van der Waals surface area contributed by atoms with Gasteiger partial charge in [0.2, 0.25) is 0 Å². The van der Waals surface area contributed by atoms with Gasteiger partial charge in [0.1, 0.15) is 5.82 Å². The minimum Gasteiger partial charge on any atom is -0.337 e. The maximum Gasteiger partial charge on any atom is 0.264 e. The summed E-state index contributed by atoms with van der Waals surface area (Å²) >= 11 is 1.55. The first kappa shape index (κ1) is 15.2. The molecule has 1 aliphatic heterocycles. The second kappa shape index (κ2) is 6.22. The Kier molecular flexibility index (Phi) is 4.31. The molecule has 1 aliphatic rings. The zero-order valence-electron chi connectivity index (χ0n) is 13.3. The molecular formula is C16H22N4OS. The van der Waals surface area contributed by atoms with Crippen LogP contribution in [0.3, 0.4) is 0 Å². The summed E-state index contributed by atoms with van der Waals surface area (Å²) in [5, 5.41) is 2.01. The molecule has 6 heteroatoms. The number of carbonyl (C=O) groups excluding carboxylic acids is 1. The van der Waals surface area contributed by atoms with Crippen molar-refractivity contribution in [2.24, 2.45) is 7.05 Å². The normalized spacial score (nSPS) is 19.6. The van der Waals surface area contributed by atoms with E-state index in [4.69, 9.17) is 0 Å². The Hall–Kier alpha value is -1.66. The Morgan fingerprint density at radius 1 is 1.41 bits per heavy atom. The molecule has 118 valence electrons. The molecule has 0 bridgehead atoms. The molecule has 3 rings (SSSR count). The van der Waals surface area contributed by atoms with Crippen molar-refractivity contribution in [2.45, 2.75) is 19.4 Å². The third-order valence-electron chi connectivity index (χ3n) is 4.41. The fourth-order valence-corrected chi connectivity index (χ4v) is 3.94.